The molecule has 2 aliphatic heterocycles. The number of nitrogens with one attached hydrogen (secondary N) is 1. The largest absolute Gasteiger partial charge is 0.381 e. The average molecular weight is 310 g/mol. The molecule has 3 rings (SSSR count). The van der Waals surface area contributed by atoms with Crippen LogP contribution in [0.25, 0.3) is 0 Å². The van der Waals surface area contributed by atoms with Gasteiger partial charge in [0.05, 0.1) is 26.4 Å². The van der Waals surface area contributed by atoms with Gasteiger partial charge in [0.1, 0.15) is 0 Å². The molecule has 126 valence electrons. The van der Waals surface area contributed by atoms with Gasteiger partial charge in [-0.2, -0.15) is 0 Å². The molecule has 2 saturated heterocycles. The summed E-state index contributed by atoms with van der Waals surface area (Å²) < 4.78 is 11.1. The molecule has 0 bridgehead atoms. The van der Waals surface area contributed by atoms with Crippen LogP contribution in [0.4, 0.5) is 0 Å². The summed E-state index contributed by atoms with van der Waals surface area (Å²) >= 11 is 0. The van der Waals surface area contributed by atoms with E-state index in [-0.39, 0.29) is 0 Å². The van der Waals surface area contributed by atoms with Crippen molar-refractivity contribution in [1.29, 1.82) is 0 Å². The van der Waals surface area contributed by atoms with Crippen LogP contribution in [0, 0.1) is 11.8 Å². The summed E-state index contributed by atoms with van der Waals surface area (Å²) in [6.07, 6.45) is 5.16. The summed E-state index contributed by atoms with van der Waals surface area (Å²) in [5.74, 6) is 1.97. The van der Waals surface area contributed by atoms with Crippen LogP contribution in [-0.4, -0.2) is 69.5 Å². The highest BCUT2D eigenvalue weighted by molar-refractivity contribution is 5.77. The summed E-state index contributed by atoms with van der Waals surface area (Å²) in [6, 6.07) is 0.426. The number of nitrogens with zero attached hydrogens (tertiary/aromatic N) is 2. The van der Waals surface area contributed by atoms with Gasteiger partial charge >= 0.3 is 0 Å². The number of hydrogen-bond donors (Lipinski definition) is 2. The van der Waals surface area contributed by atoms with Gasteiger partial charge in [-0.15, -0.1) is 0 Å². The maximum atomic E-state index is 6.04. The average Bonchev–Trinajstić information content (AvgIpc) is 3.01. The first-order chi connectivity index (χ1) is 10.8. The zero-order chi connectivity index (χ0) is 15.2. The van der Waals surface area contributed by atoms with Crippen molar-refractivity contribution in [3.63, 3.8) is 0 Å². The van der Waals surface area contributed by atoms with E-state index in [0.29, 0.717) is 17.9 Å². The fraction of sp³-hybridized carbons (Fsp3) is 0.938. The van der Waals surface area contributed by atoms with Crippen LogP contribution in [0.5, 0.6) is 0 Å². The van der Waals surface area contributed by atoms with E-state index >= 15 is 0 Å². The minimum absolute atomic E-state index is 0.426. The zero-order valence-electron chi connectivity index (χ0n) is 13.5. The molecule has 0 aromatic carbocycles. The van der Waals surface area contributed by atoms with Gasteiger partial charge in [-0.3, -0.25) is 9.89 Å². The fourth-order valence-corrected chi connectivity index (χ4v) is 3.52. The van der Waals surface area contributed by atoms with Gasteiger partial charge in [0.2, 0.25) is 0 Å². The summed E-state index contributed by atoms with van der Waals surface area (Å²) in [6.45, 7) is 7.10. The van der Waals surface area contributed by atoms with Gasteiger partial charge in [0, 0.05) is 38.2 Å². The van der Waals surface area contributed by atoms with E-state index in [1.165, 1.54) is 19.3 Å². The lowest BCUT2D eigenvalue weighted by molar-refractivity contribution is 0.00369. The molecule has 0 aromatic heterocycles. The molecular weight excluding hydrogens is 280 g/mol. The molecule has 22 heavy (non-hydrogen) atoms. The number of morpholine rings is 1. The third kappa shape index (κ3) is 4.33. The van der Waals surface area contributed by atoms with Gasteiger partial charge in [-0.05, 0) is 25.2 Å². The lowest BCUT2D eigenvalue weighted by Gasteiger charge is -2.36. The van der Waals surface area contributed by atoms with Crippen LogP contribution in [0.2, 0.25) is 0 Å². The van der Waals surface area contributed by atoms with Crippen molar-refractivity contribution in [3.8, 4) is 0 Å². The number of nitrogens with two attached hydrogens (primary N) is 1. The number of guanidine groups is 1. The van der Waals surface area contributed by atoms with Crippen molar-refractivity contribution in [2.45, 2.75) is 31.7 Å². The Bertz CT molecular complexity index is 361. The predicted molar refractivity (Wildman–Crippen MR) is 86.9 cm³/mol. The summed E-state index contributed by atoms with van der Waals surface area (Å²) in [4.78, 5) is 7.13. The molecule has 1 aliphatic carbocycles. The van der Waals surface area contributed by atoms with E-state index in [1.807, 2.05) is 0 Å². The third-order valence-electron chi connectivity index (χ3n) is 5.27. The summed E-state index contributed by atoms with van der Waals surface area (Å²) in [5.41, 5.74) is 6.04. The molecule has 0 radical (unpaired) electrons. The molecule has 6 nitrogen and oxygen atoms in total. The first-order valence-electron chi connectivity index (χ1n) is 8.76. The number of rotatable bonds is 6. The van der Waals surface area contributed by atoms with Crippen molar-refractivity contribution in [3.05, 3.63) is 0 Å². The smallest absolute Gasteiger partial charge is 0.188 e. The molecule has 1 saturated carbocycles. The Hall–Kier alpha value is -0.850. The van der Waals surface area contributed by atoms with Crippen LogP contribution in [0.15, 0.2) is 4.99 Å². The second-order valence-corrected chi connectivity index (χ2v) is 6.74. The number of hydrogen-bond acceptors (Lipinski definition) is 4. The van der Waals surface area contributed by atoms with Crippen LogP contribution >= 0.6 is 0 Å². The van der Waals surface area contributed by atoms with Crippen molar-refractivity contribution < 1.29 is 9.47 Å². The molecule has 0 unspecified atom stereocenters. The zero-order valence-corrected chi connectivity index (χ0v) is 13.5. The van der Waals surface area contributed by atoms with Gasteiger partial charge in [-0.1, -0.05) is 6.42 Å². The number of aliphatic imine (C=N–C) groups is 1. The highest BCUT2D eigenvalue weighted by Crippen LogP contribution is 2.25. The highest BCUT2D eigenvalue weighted by Gasteiger charge is 2.31. The van der Waals surface area contributed by atoms with Gasteiger partial charge < -0.3 is 20.5 Å². The Morgan fingerprint density at radius 1 is 1.18 bits per heavy atom. The maximum Gasteiger partial charge on any atom is 0.188 e. The molecule has 0 amide bonds. The van der Waals surface area contributed by atoms with E-state index in [0.717, 1.165) is 64.9 Å². The topological polar surface area (TPSA) is 72.1 Å². The second-order valence-electron chi connectivity index (χ2n) is 6.74. The highest BCUT2D eigenvalue weighted by atomic mass is 16.5. The Labute approximate surface area is 133 Å². The molecule has 6 heteroatoms. The lowest BCUT2D eigenvalue weighted by Crippen LogP contribution is -2.49. The quantitative estimate of drug-likeness (QED) is 0.550. The molecule has 3 fully saturated rings. The maximum absolute atomic E-state index is 6.04. The second kappa shape index (κ2) is 8.13. The third-order valence-corrected chi connectivity index (χ3v) is 5.27. The van der Waals surface area contributed by atoms with Crippen LogP contribution in [0.1, 0.15) is 25.7 Å². The van der Waals surface area contributed by atoms with Crippen molar-refractivity contribution in [1.82, 2.24) is 10.2 Å². The molecule has 3 N–H and O–H groups in total. The first kappa shape index (κ1) is 16.0. The monoisotopic (exact) mass is 310 g/mol. The van der Waals surface area contributed by atoms with E-state index in [4.69, 9.17) is 15.2 Å². The first-order valence-corrected chi connectivity index (χ1v) is 8.76. The Kier molecular flexibility index (Phi) is 5.92. The predicted octanol–water partition coefficient (Wildman–Crippen LogP) is 0.428. The molecule has 0 aromatic rings. The minimum Gasteiger partial charge on any atom is -0.381 e. The lowest BCUT2D eigenvalue weighted by atomic mass is 9.85. The normalized spacial score (nSPS) is 29.3. The van der Waals surface area contributed by atoms with Crippen molar-refractivity contribution in [2.75, 3.05) is 52.6 Å². The van der Waals surface area contributed by atoms with Crippen LogP contribution < -0.4 is 11.1 Å². The van der Waals surface area contributed by atoms with E-state index in [1.54, 1.807) is 0 Å². The Morgan fingerprint density at radius 2 is 2.00 bits per heavy atom. The van der Waals surface area contributed by atoms with Gasteiger partial charge in [0.25, 0.3) is 0 Å². The van der Waals surface area contributed by atoms with Gasteiger partial charge in [0.15, 0.2) is 5.96 Å². The van der Waals surface area contributed by atoms with E-state index < -0.39 is 0 Å². The Morgan fingerprint density at radius 3 is 2.64 bits per heavy atom. The van der Waals surface area contributed by atoms with Crippen molar-refractivity contribution in [2.24, 2.45) is 22.6 Å². The molecular formula is C16H30N4O2. The van der Waals surface area contributed by atoms with E-state index in [2.05, 4.69) is 15.2 Å². The Balaban J connectivity index is 1.51. The SMILES string of the molecule is NC(=NC[C@@H]([C@@H]1CCOC1)N1CCOCC1)NCC1CCC1. The van der Waals surface area contributed by atoms with Gasteiger partial charge in [-0.25, -0.2) is 0 Å². The van der Waals surface area contributed by atoms with Crippen LogP contribution in [-0.2, 0) is 9.47 Å². The molecule has 0 spiro atoms. The number of ether oxygens (including phenoxy) is 2. The molecule has 2 atom stereocenters. The standard InChI is InChI=1S/C16H30N4O2/c17-16(18-10-13-2-1-3-13)19-11-15(14-4-7-22-12-14)20-5-8-21-9-6-20/h13-15H,1-12H2,(H3,17,18,19)/t14-,15+/m1/s1. The van der Waals surface area contributed by atoms with Crippen LogP contribution in [0.3, 0.4) is 0 Å². The summed E-state index contributed by atoms with van der Waals surface area (Å²) in [7, 11) is 0. The molecule has 3 aliphatic rings. The minimum atomic E-state index is 0.426. The van der Waals surface area contributed by atoms with E-state index in [9.17, 15) is 0 Å². The van der Waals surface area contributed by atoms with Crippen molar-refractivity contribution >= 4 is 5.96 Å². The molecule has 2 heterocycles. The summed E-state index contributed by atoms with van der Waals surface area (Å²) in [5, 5.41) is 3.29. The fourth-order valence-electron chi connectivity index (χ4n) is 3.52.